The van der Waals surface area contributed by atoms with Gasteiger partial charge in [0.05, 0.1) is 38.3 Å². The van der Waals surface area contributed by atoms with Crippen LogP contribution in [-0.2, 0) is 9.59 Å². The lowest BCUT2D eigenvalue weighted by molar-refractivity contribution is -0.915. The van der Waals surface area contributed by atoms with Crippen molar-refractivity contribution in [2.45, 2.75) is 19.4 Å². The van der Waals surface area contributed by atoms with E-state index in [1.165, 1.54) is 9.80 Å². The van der Waals surface area contributed by atoms with E-state index >= 15 is 0 Å². The maximum Gasteiger partial charge on any atom is 0.292 e. The van der Waals surface area contributed by atoms with E-state index in [0.29, 0.717) is 12.1 Å². The van der Waals surface area contributed by atoms with Gasteiger partial charge in [0.1, 0.15) is 0 Å². The molecule has 0 bridgehead atoms. The highest BCUT2D eigenvalue weighted by Crippen LogP contribution is 2.23. The molecule has 2 saturated heterocycles. The fourth-order valence-electron chi connectivity index (χ4n) is 4.04. The van der Waals surface area contributed by atoms with Gasteiger partial charge in [-0.25, -0.2) is 4.90 Å². The lowest BCUT2D eigenvalue weighted by Crippen LogP contribution is -3.19. The molecule has 2 aromatic rings. The lowest BCUT2D eigenvalue weighted by atomic mass is 10.1. The van der Waals surface area contributed by atoms with Gasteiger partial charge in [-0.3, -0.25) is 9.59 Å². The van der Waals surface area contributed by atoms with Crippen LogP contribution in [0.25, 0.3) is 0 Å². The van der Waals surface area contributed by atoms with E-state index in [1.54, 1.807) is 0 Å². The summed E-state index contributed by atoms with van der Waals surface area (Å²) in [5.41, 5.74) is 2.88. The van der Waals surface area contributed by atoms with Gasteiger partial charge in [0, 0.05) is 10.7 Å². The molecule has 2 aliphatic heterocycles. The highest BCUT2D eigenvalue weighted by molar-refractivity contribution is 6.30. The van der Waals surface area contributed by atoms with Gasteiger partial charge in [0.2, 0.25) is 5.91 Å². The summed E-state index contributed by atoms with van der Waals surface area (Å²) in [4.78, 5) is 30.4. The topological polar surface area (TPSA) is 45.1 Å². The second-order valence-electron chi connectivity index (χ2n) is 7.28. The van der Waals surface area contributed by atoms with E-state index in [0.717, 1.165) is 42.5 Å². The van der Waals surface area contributed by atoms with Gasteiger partial charge in [0.25, 0.3) is 5.91 Å². The molecule has 2 fully saturated rings. The van der Waals surface area contributed by atoms with Crippen molar-refractivity contribution >= 4 is 34.8 Å². The fraction of sp³-hybridized carbons (Fsp3) is 0.333. The monoisotopic (exact) mass is 384 g/mol. The van der Waals surface area contributed by atoms with Crippen LogP contribution in [0.15, 0.2) is 48.5 Å². The smallest absolute Gasteiger partial charge is 0.292 e. The van der Waals surface area contributed by atoms with Crippen molar-refractivity contribution in [2.24, 2.45) is 0 Å². The van der Waals surface area contributed by atoms with Crippen LogP contribution in [0.3, 0.4) is 0 Å². The number of quaternary nitrogens is 1. The Morgan fingerprint density at radius 1 is 1.00 bits per heavy atom. The van der Waals surface area contributed by atoms with Crippen LogP contribution in [0.4, 0.5) is 11.4 Å². The van der Waals surface area contributed by atoms with Gasteiger partial charge in [-0.2, -0.15) is 0 Å². The third kappa shape index (κ3) is 3.57. The highest BCUT2D eigenvalue weighted by atomic mass is 35.5. The van der Waals surface area contributed by atoms with E-state index in [9.17, 15) is 9.59 Å². The first-order valence-electron chi connectivity index (χ1n) is 9.31. The maximum atomic E-state index is 13.0. The average Bonchev–Trinajstić information content (AvgIpc) is 2.97. The number of nitrogens with one attached hydrogen (secondary N) is 1. The normalized spacial score (nSPS) is 21.2. The Kier molecular flexibility index (Phi) is 4.89. The van der Waals surface area contributed by atoms with Crippen molar-refractivity contribution in [3.8, 4) is 0 Å². The van der Waals surface area contributed by atoms with Crippen LogP contribution in [0.2, 0.25) is 5.02 Å². The Labute approximate surface area is 164 Å². The van der Waals surface area contributed by atoms with E-state index in [2.05, 4.69) is 4.90 Å². The van der Waals surface area contributed by atoms with Gasteiger partial charge >= 0.3 is 0 Å². The van der Waals surface area contributed by atoms with Gasteiger partial charge in [-0.15, -0.1) is 0 Å². The summed E-state index contributed by atoms with van der Waals surface area (Å²) >= 11 is 5.97. The largest absolute Gasteiger partial charge is 0.360 e. The number of anilines is 2. The van der Waals surface area contributed by atoms with Crippen LogP contribution in [-0.4, -0.2) is 44.0 Å². The Morgan fingerprint density at radius 3 is 2.37 bits per heavy atom. The zero-order valence-corrected chi connectivity index (χ0v) is 16.1. The van der Waals surface area contributed by atoms with Crippen molar-refractivity contribution in [3.63, 3.8) is 0 Å². The molecule has 140 valence electrons. The molecule has 0 aromatic heterocycles. The molecule has 0 saturated carbocycles. The second-order valence-corrected chi connectivity index (χ2v) is 7.72. The number of piperazine rings is 1. The Hall–Kier alpha value is -2.37. The molecule has 0 unspecified atom stereocenters. The van der Waals surface area contributed by atoms with Crippen molar-refractivity contribution in [3.05, 3.63) is 59.1 Å². The van der Waals surface area contributed by atoms with Gasteiger partial charge in [0.15, 0.2) is 6.04 Å². The molecule has 5 nitrogen and oxygen atoms in total. The molecule has 0 spiro atoms. The first kappa shape index (κ1) is 18.0. The molecule has 2 amide bonds. The number of hydrogen-bond acceptors (Lipinski definition) is 3. The number of halogens is 1. The minimum atomic E-state index is -0.273. The predicted molar refractivity (Wildman–Crippen MR) is 106 cm³/mol. The quantitative estimate of drug-likeness (QED) is 0.819. The van der Waals surface area contributed by atoms with Gasteiger partial charge in [-0.05, 0) is 48.9 Å². The summed E-state index contributed by atoms with van der Waals surface area (Å²) in [5, 5.41) is 0.731. The third-order valence-electron chi connectivity index (χ3n) is 5.50. The number of hydrogen-bond donors (Lipinski definition) is 1. The van der Waals surface area contributed by atoms with Crippen molar-refractivity contribution < 1.29 is 14.5 Å². The van der Waals surface area contributed by atoms with Crippen LogP contribution in [0.1, 0.15) is 12.0 Å². The Balaban J connectivity index is 1.44. The molecule has 4 rings (SSSR count). The van der Waals surface area contributed by atoms with Crippen LogP contribution in [0.5, 0.6) is 0 Å². The second kappa shape index (κ2) is 7.33. The predicted octanol–water partition coefficient (Wildman–Crippen LogP) is 1.69. The summed E-state index contributed by atoms with van der Waals surface area (Å²) in [5.74, 6) is -0.163. The SMILES string of the molecule is Cc1cccc(N2C(=O)C[C@@H]([NH+]3CCN(c4ccc(Cl)cc4)CC3)C2=O)c1. The number of aryl methyl sites for hydroxylation is 1. The molecule has 0 radical (unpaired) electrons. The molecule has 27 heavy (non-hydrogen) atoms. The summed E-state index contributed by atoms with van der Waals surface area (Å²) in [6.45, 7) is 5.37. The molecular weight excluding hydrogens is 362 g/mol. The zero-order chi connectivity index (χ0) is 19.0. The standard InChI is InChI=1S/C21H22ClN3O2/c1-15-3-2-4-18(13-15)25-20(26)14-19(21(25)27)24-11-9-23(10-12-24)17-7-5-16(22)6-8-17/h2-8,13,19H,9-12,14H2,1H3/p+1/t19-/m1/s1. The summed E-state index contributed by atoms with van der Waals surface area (Å²) in [6, 6.07) is 15.2. The first-order chi connectivity index (χ1) is 13.0. The number of carbonyl (C=O) groups is 2. The minimum absolute atomic E-state index is 0.0689. The summed E-state index contributed by atoms with van der Waals surface area (Å²) in [6.07, 6.45) is 0.295. The molecule has 2 aliphatic rings. The maximum absolute atomic E-state index is 13.0. The van der Waals surface area contributed by atoms with Crippen molar-refractivity contribution in [1.82, 2.24) is 0 Å². The van der Waals surface area contributed by atoms with E-state index < -0.39 is 0 Å². The fourth-order valence-corrected chi connectivity index (χ4v) is 4.17. The lowest BCUT2D eigenvalue weighted by Gasteiger charge is -2.35. The Morgan fingerprint density at radius 2 is 1.70 bits per heavy atom. The molecule has 2 aromatic carbocycles. The number of carbonyl (C=O) groups excluding carboxylic acids is 2. The number of rotatable bonds is 3. The third-order valence-corrected chi connectivity index (χ3v) is 5.75. The minimum Gasteiger partial charge on any atom is -0.360 e. The van der Waals surface area contributed by atoms with Crippen molar-refractivity contribution in [2.75, 3.05) is 36.0 Å². The van der Waals surface area contributed by atoms with Crippen LogP contribution in [0, 0.1) is 6.92 Å². The van der Waals surface area contributed by atoms with Crippen LogP contribution >= 0.6 is 11.6 Å². The summed E-state index contributed by atoms with van der Waals surface area (Å²) < 4.78 is 0. The summed E-state index contributed by atoms with van der Waals surface area (Å²) in [7, 11) is 0. The Bertz CT molecular complexity index is 860. The van der Waals surface area contributed by atoms with E-state index in [1.807, 2.05) is 55.5 Å². The molecule has 1 N–H and O–H groups in total. The molecule has 2 heterocycles. The molecule has 6 heteroatoms. The number of imide groups is 1. The van der Waals surface area contributed by atoms with Crippen molar-refractivity contribution in [1.29, 1.82) is 0 Å². The number of benzene rings is 2. The number of nitrogens with zero attached hydrogens (tertiary/aromatic N) is 2. The zero-order valence-electron chi connectivity index (χ0n) is 15.3. The van der Waals surface area contributed by atoms with E-state index in [4.69, 9.17) is 11.6 Å². The van der Waals surface area contributed by atoms with Gasteiger partial charge in [-0.1, -0.05) is 23.7 Å². The van der Waals surface area contributed by atoms with Gasteiger partial charge < -0.3 is 9.80 Å². The highest BCUT2D eigenvalue weighted by Gasteiger charge is 2.46. The molecule has 1 atom stereocenters. The average molecular weight is 385 g/mol. The van der Waals surface area contributed by atoms with Crippen LogP contribution < -0.4 is 14.7 Å². The van der Waals surface area contributed by atoms with E-state index in [-0.39, 0.29) is 17.9 Å². The first-order valence-corrected chi connectivity index (χ1v) is 9.69. The number of amides is 2. The molecule has 0 aliphatic carbocycles. The molecular formula is C21H23ClN3O2+.